The third kappa shape index (κ3) is 3.83. The van der Waals surface area contributed by atoms with Gasteiger partial charge in [0.15, 0.2) is 0 Å². The van der Waals surface area contributed by atoms with E-state index in [-0.39, 0.29) is 0 Å². The van der Waals surface area contributed by atoms with Gasteiger partial charge in [0.05, 0.1) is 0 Å². The zero-order valence-corrected chi connectivity index (χ0v) is 19.3. The quantitative estimate of drug-likeness (QED) is 0.350. The summed E-state index contributed by atoms with van der Waals surface area (Å²) in [5.41, 5.74) is 6.15. The molecule has 31 heavy (non-hydrogen) atoms. The molecular weight excluding hydrogens is 415 g/mol. The second-order valence-corrected chi connectivity index (χ2v) is 10.6. The highest BCUT2D eigenvalue weighted by Crippen LogP contribution is 2.54. The number of hydrogen-bond donors (Lipinski definition) is 0. The summed E-state index contributed by atoms with van der Waals surface area (Å²) in [5.74, 6) is 1.24. The van der Waals surface area contributed by atoms with Crippen LogP contribution < -0.4 is 10.6 Å². The van der Waals surface area contributed by atoms with Crippen molar-refractivity contribution < 1.29 is 0 Å². The molecule has 5 rings (SSSR count). The molecule has 0 saturated heterocycles. The van der Waals surface area contributed by atoms with Gasteiger partial charge in [-0.1, -0.05) is 88.8 Å². The lowest BCUT2D eigenvalue weighted by Crippen LogP contribution is -2.15. The van der Waals surface area contributed by atoms with Crippen LogP contribution in [0, 0.1) is 19.8 Å². The van der Waals surface area contributed by atoms with Crippen LogP contribution in [0.1, 0.15) is 11.1 Å². The lowest BCUT2D eigenvalue weighted by molar-refractivity contribution is 1.24. The Morgan fingerprint density at radius 3 is 2.00 bits per heavy atom. The first-order chi connectivity index (χ1) is 15.1. The normalized spacial score (nSPS) is 19.5. The first kappa shape index (κ1) is 20.1. The van der Waals surface area contributed by atoms with Crippen molar-refractivity contribution in [3.63, 3.8) is 0 Å². The fourth-order valence-corrected chi connectivity index (χ4v) is 6.92. The molecule has 3 aliphatic carbocycles. The van der Waals surface area contributed by atoms with E-state index in [1.807, 2.05) is 0 Å². The van der Waals surface area contributed by atoms with Crippen LogP contribution in [-0.2, 0) is 0 Å². The zero-order valence-electron chi connectivity index (χ0n) is 17.6. The number of rotatable bonds is 3. The molecule has 0 nitrogen and oxygen atoms in total. The predicted molar refractivity (Wildman–Crippen MR) is 136 cm³/mol. The van der Waals surface area contributed by atoms with Gasteiger partial charge in [-0.05, 0) is 49.3 Å². The van der Waals surface area contributed by atoms with Gasteiger partial charge in [0.2, 0.25) is 0 Å². The van der Waals surface area contributed by atoms with Crippen LogP contribution in [0.4, 0.5) is 0 Å². The number of hydrogen-bond acceptors (Lipinski definition) is 0. The lowest BCUT2D eigenvalue weighted by atomic mass is 9.82. The highest BCUT2D eigenvalue weighted by atomic mass is 35.5. The van der Waals surface area contributed by atoms with Gasteiger partial charge >= 0.3 is 0 Å². The van der Waals surface area contributed by atoms with E-state index in [2.05, 4.69) is 117 Å². The Kier molecular flexibility index (Phi) is 5.45. The third-order valence-corrected chi connectivity index (χ3v) is 8.57. The molecule has 0 amide bonds. The van der Waals surface area contributed by atoms with Crippen LogP contribution in [0.15, 0.2) is 130 Å². The molecule has 0 bridgehead atoms. The summed E-state index contributed by atoms with van der Waals surface area (Å²) in [6.45, 7) is 4.28. The summed E-state index contributed by atoms with van der Waals surface area (Å²) >= 11 is 6.86. The van der Waals surface area contributed by atoms with E-state index in [1.54, 1.807) is 0 Å². The summed E-state index contributed by atoms with van der Waals surface area (Å²) in [7, 11) is -0.734. The summed E-state index contributed by atoms with van der Waals surface area (Å²) in [5, 5.41) is 4.81. The van der Waals surface area contributed by atoms with Crippen LogP contribution in [-0.4, -0.2) is 0 Å². The summed E-state index contributed by atoms with van der Waals surface area (Å²) < 4.78 is 0. The first-order valence-corrected chi connectivity index (χ1v) is 12.2. The van der Waals surface area contributed by atoms with E-state index in [0.29, 0.717) is 0 Å². The molecule has 0 N–H and O–H groups in total. The standard InChI is InChI=1S/C29H23ClP/c1-20-10-14-23(15-11-20)31(24-16-12-21(2)13-17-24)28-19-18-27(30)29(28)26-9-5-7-22-6-3-4-8-25(22)26/h3-19H,1-2H3/q-1. The minimum atomic E-state index is -0.734. The number of aryl methyl sites for hydroxylation is 2. The van der Waals surface area contributed by atoms with Crippen molar-refractivity contribution in [1.29, 1.82) is 0 Å². The van der Waals surface area contributed by atoms with Crippen LogP contribution in [0.2, 0.25) is 0 Å². The van der Waals surface area contributed by atoms with Crippen molar-refractivity contribution in [2.24, 2.45) is 0 Å². The first-order valence-electron chi connectivity index (χ1n) is 10.5. The maximum atomic E-state index is 6.86. The highest BCUT2D eigenvalue weighted by molar-refractivity contribution is 7.77. The van der Waals surface area contributed by atoms with Crippen molar-refractivity contribution in [3.05, 3.63) is 147 Å². The fraction of sp³-hybridized carbons (Fsp3) is 0.0690. The van der Waals surface area contributed by atoms with Gasteiger partial charge in [-0.15, -0.1) is 48.1 Å². The summed E-state index contributed by atoms with van der Waals surface area (Å²) in [4.78, 5) is 0. The molecule has 2 aromatic carbocycles. The minimum absolute atomic E-state index is 0.734. The van der Waals surface area contributed by atoms with E-state index in [0.717, 1.165) is 10.6 Å². The van der Waals surface area contributed by atoms with Crippen molar-refractivity contribution in [2.45, 2.75) is 13.8 Å². The SMILES string of the molecule is Cc1ccc(P(C2=CC=C(Cl)C2=C2C=CC=C3C=CC=C[C-]32)c2ccc(C)cc2)cc1. The number of allylic oxidation sites excluding steroid dienone is 14. The third-order valence-electron chi connectivity index (χ3n) is 5.77. The van der Waals surface area contributed by atoms with Gasteiger partial charge in [-0.2, -0.15) is 0 Å². The molecule has 0 saturated carbocycles. The van der Waals surface area contributed by atoms with Crippen molar-refractivity contribution >= 4 is 30.1 Å². The minimum Gasteiger partial charge on any atom is -0.117 e. The Hall–Kier alpha value is -2.79. The Balaban J connectivity index is 1.67. The van der Waals surface area contributed by atoms with E-state index >= 15 is 0 Å². The van der Waals surface area contributed by atoms with Gasteiger partial charge in [0.1, 0.15) is 0 Å². The Bertz CT molecular complexity index is 1180. The molecule has 0 radical (unpaired) electrons. The van der Waals surface area contributed by atoms with Crippen molar-refractivity contribution in [3.8, 4) is 0 Å². The molecule has 0 atom stereocenters. The maximum Gasteiger partial charge on any atom is 0.0213 e. The van der Waals surface area contributed by atoms with E-state index in [9.17, 15) is 0 Å². The molecule has 2 aromatic rings. The average Bonchev–Trinajstić information content (AvgIpc) is 3.17. The molecule has 0 aromatic heterocycles. The molecule has 2 heteroatoms. The maximum absolute atomic E-state index is 6.86. The smallest absolute Gasteiger partial charge is 0.0213 e. The fourth-order valence-electron chi connectivity index (χ4n) is 4.15. The van der Waals surface area contributed by atoms with Gasteiger partial charge in [-0.3, -0.25) is 0 Å². The highest BCUT2D eigenvalue weighted by Gasteiger charge is 2.27. The number of benzene rings is 2. The van der Waals surface area contributed by atoms with Gasteiger partial charge in [-0.25, -0.2) is 0 Å². The molecule has 152 valence electrons. The largest absolute Gasteiger partial charge is 0.117 e. The van der Waals surface area contributed by atoms with Crippen LogP contribution in [0.25, 0.3) is 0 Å². The average molecular weight is 438 g/mol. The Labute approximate surface area is 191 Å². The van der Waals surface area contributed by atoms with Gasteiger partial charge < -0.3 is 0 Å². The van der Waals surface area contributed by atoms with Crippen molar-refractivity contribution in [2.75, 3.05) is 0 Å². The van der Waals surface area contributed by atoms with Crippen LogP contribution in [0.3, 0.4) is 0 Å². The lowest BCUT2D eigenvalue weighted by Gasteiger charge is -2.33. The number of halogens is 1. The van der Waals surface area contributed by atoms with Crippen LogP contribution >= 0.6 is 19.5 Å². The molecular formula is C29H23ClP-. The molecule has 0 unspecified atom stereocenters. The molecule has 0 spiro atoms. The summed E-state index contributed by atoms with van der Waals surface area (Å²) in [6, 6.07) is 17.9. The zero-order chi connectivity index (χ0) is 21.4. The second kappa shape index (κ2) is 8.39. The van der Waals surface area contributed by atoms with Crippen molar-refractivity contribution in [1.82, 2.24) is 0 Å². The monoisotopic (exact) mass is 437 g/mol. The van der Waals surface area contributed by atoms with E-state index < -0.39 is 7.92 Å². The van der Waals surface area contributed by atoms with Gasteiger partial charge in [0.25, 0.3) is 0 Å². The van der Waals surface area contributed by atoms with E-state index in [1.165, 1.54) is 44.1 Å². The Morgan fingerprint density at radius 1 is 0.710 bits per heavy atom. The molecule has 0 heterocycles. The predicted octanol–water partition coefficient (Wildman–Crippen LogP) is 7.25. The summed E-state index contributed by atoms with van der Waals surface area (Å²) in [6.07, 6.45) is 19.3. The topological polar surface area (TPSA) is 0 Å². The molecule has 0 aliphatic heterocycles. The van der Waals surface area contributed by atoms with Gasteiger partial charge in [0, 0.05) is 5.03 Å². The van der Waals surface area contributed by atoms with Crippen LogP contribution in [0.5, 0.6) is 0 Å². The number of fused-ring (bicyclic) bond motifs is 1. The molecule has 0 fully saturated rings. The Morgan fingerprint density at radius 2 is 1.35 bits per heavy atom. The second-order valence-electron chi connectivity index (χ2n) is 7.97. The molecule has 3 aliphatic rings. The van der Waals surface area contributed by atoms with E-state index in [4.69, 9.17) is 11.6 Å².